The molecule has 222 valence electrons. The van der Waals surface area contributed by atoms with Gasteiger partial charge in [-0.3, -0.25) is 4.79 Å². The molecule has 1 aromatic heterocycles. The maximum Gasteiger partial charge on any atom is 0.424 e. The van der Waals surface area contributed by atoms with Gasteiger partial charge in [0.05, 0.1) is 26.0 Å². The number of carbonyl (C=O) groups is 1. The highest BCUT2D eigenvalue weighted by Gasteiger charge is 2.57. The highest BCUT2D eigenvalue weighted by Crippen LogP contribution is 2.46. The van der Waals surface area contributed by atoms with Crippen LogP contribution in [0.25, 0.3) is 0 Å². The summed E-state index contributed by atoms with van der Waals surface area (Å²) in [6.07, 6.45) is -5.29. The van der Waals surface area contributed by atoms with Gasteiger partial charge in [0.2, 0.25) is 5.60 Å². The first-order valence-electron chi connectivity index (χ1n) is 12.0. The number of rotatable bonds is 10. The van der Waals surface area contributed by atoms with Gasteiger partial charge in [-0.15, -0.1) is 4.72 Å². The highest BCUT2D eigenvalue weighted by molar-refractivity contribution is 7.90. The smallest absolute Gasteiger partial charge is 0.424 e. The standard InChI is InChI=1S/C25H31ClF3N3O7S/c1-22(2,3)40(36)32-23(4)13-39-19-15(23)11-18(31-20(19)26)24(35,25(27,28)29)12-30-21(34)14-6-7-16(38-9-8-33)17(10-14)37-5/h6-7,10-11,32-33,35H,8-9,12-13H2,1-5H3,(H,30,34). The van der Waals surface area contributed by atoms with Crippen LogP contribution in [0.3, 0.4) is 0 Å². The van der Waals surface area contributed by atoms with Gasteiger partial charge in [-0.2, -0.15) is 13.2 Å². The molecule has 4 N–H and O–H groups in total. The molecule has 0 bridgehead atoms. The van der Waals surface area contributed by atoms with E-state index in [1.54, 1.807) is 27.7 Å². The predicted octanol–water partition coefficient (Wildman–Crippen LogP) is 2.95. The Bertz CT molecular complexity index is 1250. The van der Waals surface area contributed by atoms with Gasteiger partial charge in [0.1, 0.15) is 23.5 Å². The molecule has 2 heterocycles. The highest BCUT2D eigenvalue weighted by atomic mass is 35.5. The number of pyridine rings is 1. The molecule has 10 nitrogen and oxygen atoms in total. The molecule has 1 amide bonds. The van der Waals surface area contributed by atoms with Crippen molar-refractivity contribution in [2.75, 3.05) is 33.5 Å². The van der Waals surface area contributed by atoms with Crippen molar-refractivity contribution in [3.63, 3.8) is 0 Å². The number of aliphatic hydroxyl groups is 2. The van der Waals surface area contributed by atoms with Crippen LogP contribution in [0.2, 0.25) is 5.15 Å². The lowest BCUT2D eigenvalue weighted by Crippen LogP contribution is -2.52. The molecule has 0 spiro atoms. The number of aliphatic hydroxyl groups excluding tert-OH is 1. The molecule has 1 aliphatic heterocycles. The fourth-order valence-electron chi connectivity index (χ4n) is 3.73. The second kappa shape index (κ2) is 11.8. The fraction of sp³-hybridized carbons (Fsp3) is 0.520. The number of benzene rings is 1. The molecular weight excluding hydrogens is 579 g/mol. The van der Waals surface area contributed by atoms with Crippen LogP contribution in [-0.4, -0.2) is 70.1 Å². The second-order valence-electron chi connectivity index (χ2n) is 10.3. The van der Waals surface area contributed by atoms with Crippen molar-refractivity contribution in [2.45, 2.75) is 49.8 Å². The van der Waals surface area contributed by atoms with Crippen molar-refractivity contribution in [3.05, 3.63) is 46.2 Å². The largest absolute Gasteiger partial charge is 0.598 e. The Labute approximate surface area is 237 Å². The van der Waals surface area contributed by atoms with E-state index in [2.05, 4.69) is 15.0 Å². The van der Waals surface area contributed by atoms with Gasteiger partial charge in [-0.1, -0.05) is 11.6 Å². The van der Waals surface area contributed by atoms with Crippen LogP contribution in [0, 0.1) is 0 Å². The Balaban J connectivity index is 1.93. The summed E-state index contributed by atoms with van der Waals surface area (Å²) >= 11 is 4.55. The summed E-state index contributed by atoms with van der Waals surface area (Å²) in [5, 5.41) is 21.5. The van der Waals surface area contributed by atoms with Crippen LogP contribution in [0.5, 0.6) is 17.2 Å². The fourth-order valence-corrected chi connectivity index (χ4v) is 4.86. The van der Waals surface area contributed by atoms with E-state index in [1.807, 2.05) is 0 Å². The number of hydrogen-bond donors (Lipinski definition) is 4. The minimum absolute atomic E-state index is 0.00418. The minimum atomic E-state index is -5.29. The lowest BCUT2D eigenvalue weighted by atomic mass is 9.91. The number of hydrogen-bond acceptors (Lipinski definition) is 9. The SMILES string of the molecule is COc1cc(C(=O)NCC(O)(c2cc3c(c(Cl)n2)OCC3(C)N[S+]([O-])C(C)(C)C)C(F)(F)F)ccc1OCCO. The summed E-state index contributed by atoms with van der Waals surface area (Å²) in [5.41, 5.74) is -5.71. The van der Waals surface area contributed by atoms with Crippen molar-refractivity contribution in [1.82, 2.24) is 15.0 Å². The molecule has 1 aliphatic rings. The first-order chi connectivity index (χ1) is 18.5. The van der Waals surface area contributed by atoms with Crippen molar-refractivity contribution in [3.8, 4) is 17.2 Å². The minimum Gasteiger partial charge on any atom is -0.598 e. The molecule has 0 saturated heterocycles. The molecule has 1 aromatic carbocycles. The summed E-state index contributed by atoms with van der Waals surface area (Å²) in [4.78, 5) is 16.5. The zero-order valence-electron chi connectivity index (χ0n) is 22.4. The quantitative estimate of drug-likeness (QED) is 0.236. The Kier molecular flexibility index (Phi) is 9.43. The molecule has 3 rings (SSSR count). The van der Waals surface area contributed by atoms with Crippen LogP contribution >= 0.6 is 11.6 Å². The molecule has 0 fully saturated rings. The molecular formula is C25H31ClF3N3O7S. The van der Waals surface area contributed by atoms with Crippen LogP contribution in [0.4, 0.5) is 13.2 Å². The van der Waals surface area contributed by atoms with E-state index in [0.29, 0.717) is 0 Å². The zero-order chi connectivity index (χ0) is 30.1. The Morgan fingerprint density at radius 1 is 1.27 bits per heavy atom. The molecule has 0 aliphatic carbocycles. The molecule has 0 saturated carbocycles. The van der Waals surface area contributed by atoms with Crippen molar-refractivity contribution < 1.29 is 46.9 Å². The number of alkyl halides is 3. The van der Waals surface area contributed by atoms with Crippen molar-refractivity contribution >= 4 is 28.9 Å². The normalized spacial score (nSPS) is 19.3. The maximum atomic E-state index is 14.3. The summed E-state index contributed by atoms with van der Waals surface area (Å²) in [5.74, 6) is -0.630. The number of amides is 1. The van der Waals surface area contributed by atoms with E-state index < -0.39 is 56.7 Å². The number of fused-ring (bicyclic) bond motifs is 1. The van der Waals surface area contributed by atoms with Crippen LogP contribution in [0.15, 0.2) is 24.3 Å². The lowest BCUT2D eigenvalue weighted by Gasteiger charge is -2.33. The third-order valence-electron chi connectivity index (χ3n) is 6.08. The molecule has 3 atom stereocenters. The molecule has 3 unspecified atom stereocenters. The van der Waals surface area contributed by atoms with Crippen LogP contribution in [0.1, 0.15) is 49.3 Å². The number of carbonyl (C=O) groups excluding carboxylic acids is 1. The van der Waals surface area contributed by atoms with E-state index in [0.717, 1.165) is 6.07 Å². The number of nitrogens with one attached hydrogen (secondary N) is 2. The molecule has 2 aromatic rings. The van der Waals surface area contributed by atoms with Crippen LogP contribution < -0.4 is 24.2 Å². The molecule has 0 radical (unpaired) electrons. The average molecular weight is 610 g/mol. The second-order valence-corrected chi connectivity index (χ2v) is 12.6. The Morgan fingerprint density at radius 3 is 2.52 bits per heavy atom. The van der Waals surface area contributed by atoms with Crippen LogP contribution in [-0.2, 0) is 22.5 Å². The summed E-state index contributed by atoms with van der Waals surface area (Å²) < 4.78 is 74.0. The van der Waals surface area contributed by atoms with E-state index in [-0.39, 0.29) is 48.2 Å². The van der Waals surface area contributed by atoms with Gasteiger partial charge in [0, 0.05) is 22.5 Å². The summed E-state index contributed by atoms with van der Waals surface area (Å²) in [6, 6.07) is 4.86. The first-order valence-corrected chi connectivity index (χ1v) is 13.5. The van der Waals surface area contributed by atoms with Gasteiger partial charge in [0.15, 0.2) is 22.4 Å². The number of ether oxygens (including phenoxy) is 3. The van der Waals surface area contributed by atoms with E-state index in [1.165, 1.54) is 25.3 Å². The number of nitrogens with zero attached hydrogens (tertiary/aromatic N) is 1. The van der Waals surface area contributed by atoms with Gasteiger partial charge >= 0.3 is 6.18 Å². The number of aromatic nitrogens is 1. The van der Waals surface area contributed by atoms with E-state index in [9.17, 15) is 27.6 Å². The van der Waals surface area contributed by atoms with E-state index >= 15 is 0 Å². The third-order valence-corrected chi connectivity index (χ3v) is 8.08. The van der Waals surface area contributed by atoms with Gasteiger partial charge in [-0.05, 0) is 52.0 Å². The molecule has 15 heteroatoms. The summed E-state index contributed by atoms with van der Waals surface area (Å²) in [6.45, 7) is 5.03. The molecule has 40 heavy (non-hydrogen) atoms. The van der Waals surface area contributed by atoms with Gasteiger partial charge in [-0.25, -0.2) is 4.98 Å². The third kappa shape index (κ3) is 6.52. The predicted molar refractivity (Wildman–Crippen MR) is 141 cm³/mol. The Morgan fingerprint density at radius 2 is 1.95 bits per heavy atom. The van der Waals surface area contributed by atoms with Gasteiger partial charge < -0.3 is 34.3 Å². The van der Waals surface area contributed by atoms with E-state index in [4.69, 9.17) is 30.9 Å². The topological polar surface area (TPSA) is 145 Å². The first kappa shape index (κ1) is 32.0. The zero-order valence-corrected chi connectivity index (χ0v) is 24.0. The Hall–Kier alpha value is -2.49. The van der Waals surface area contributed by atoms with Crippen molar-refractivity contribution in [1.29, 1.82) is 0 Å². The van der Waals surface area contributed by atoms with Crippen molar-refractivity contribution in [2.24, 2.45) is 0 Å². The maximum absolute atomic E-state index is 14.3. The lowest BCUT2D eigenvalue weighted by molar-refractivity contribution is -0.265. The summed E-state index contributed by atoms with van der Waals surface area (Å²) in [7, 11) is 1.30. The number of halogens is 4. The average Bonchev–Trinajstić information content (AvgIpc) is 3.20. The van der Waals surface area contributed by atoms with Gasteiger partial charge in [0.25, 0.3) is 5.91 Å². The number of methoxy groups -OCH3 is 1. The monoisotopic (exact) mass is 609 g/mol.